The maximum atomic E-state index is 13.6. The Kier molecular flexibility index (Phi) is 7.70. The summed E-state index contributed by atoms with van der Waals surface area (Å²) in [6, 6.07) is 16.0. The van der Waals surface area contributed by atoms with Crippen LogP contribution in [0.15, 0.2) is 77.1 Å². The molecule has 0 aromatic heterocycles. The number of non-ortho nitro benzene ring substituents is 1. The molecule has 0 saturated heterocycles. The zero-order valence-corrected chi connectivity index (χ0v) is 20.6. The number of hydrogen-bond acceptors (Lipinski definition) is 7. The van der Waals surface area contributed by atoms with Gasteiger partial charge in [0.2, 0.25) is 0 Å². The molecule has 0 saturated carbocycles. The number of dihydropyridines is 1. The third kappa shape index (κ3) is 5.32. The standard InChI is InChI=1S/C27H28N2O5S/c1-3-35-14-13-34-27(31)24-17(2)28-22-15-20(18-7-5-4-6-8-18)16-23(30)26(22)25(24)19-9-11-21(12-10-19)29(32)33/h4-12,20,25,28H,3,13-16H2,1-2H3/t20-,25+/m0/s1. The first-order chi connectivity index (χ1) is 16.9. The summed E-state index contributed by atoms with van der Waals surface area (Å²) in [5.41, 5.74) is 4.08. The summed E-state index contributed by atoms with van der Waals surface area (Å²) in [5.74, 6) is 0.521. The number of ketones is 1. The van der Waals surface area contributed by atoms with E-state index in [1.165, 1.54) is 12.1 Å². The maximum Gasteiger partial charge on any atom is 0.336 e. The van der Waals surface area contributed by atoms with Crippen molar-refractivity contribution in [2.75, 3.05) is 18.1 Å². The second-order valence-corrected chi connectivity index (χ2v) is 10.0. The Bertz CT molecular complexity index is 1190. The lowest BCUT2D eigenvalue weighted by molar-refractivity contribution is -0.384. The highest BCUT2D eigenvalue weighted by molar-refractivity contribution is 7.99. The van der Waals surface area contributed by atoms with Gasteiger partial charge in [0, 0.05) is 47.2 Å². The average Bonchev–Trinajstić information content (AvgIpc) is 2.86. The lowest BCUT2D eigenvalue weighted by Gasteiger charge is -2.36. The molecule has 2 aromatic rings. The van der Waals surface area contributed by atoms with Gasteiger partial charge in [0.05, 0.1) is 10.5 Å². The van der Waals surface area contributed by atoms with E-state index in [1.54, 1.807) is 23.9 Å². The molecule has 0 unspecified atom stereocenters. The fourth-order valence-electron chi connectivity index (χ4n) is 4.81. The molecular formula is C27H28N2O5S. The van der Waals surface area contributed by atoms with Gasteiger partial charge in [-0.25, -0.2) is 4.79 Å². The van der Waals surface area contributed by atoms with E-state index >= 15 is 0 Å². The molecule has 0 spiro atoms. The van der Waals surface area contributed by atoms with E-state index in [2.05, 4.69) is 5.32 Å². The predicted octanol–water partition coefficient (Wildman–Crippen LogP) is 5.25. The van der Waals surface area contributed by atoms with E-state index in [0.717, 1.165) is 17.0 Å². The molecule has 0 amide bonds. The van der Waals surface area contributed by atoms with Crippen molar-refractivity contribution in [2.24, 2.45) is 0 Å². The minimum absolute atomic E-state index is 0.0321. The van der Waals surface area contributed by atoms with E-state index in [9.17, 15) is 19.7 Å². The molecule has 182 valence electrons. The van der Waals surface area contributed by atoms with Gasteiger partial charge in [0.25, 0.3) is 5.69 Å². The summed E-state index contributed by atoms with van der Waals surface area (Å²) in [6.07, 6.45) is 0.976. The zero-order valence-electron chi connectivity index (χ0n) is 19.8. The number of nitrogens with zero attached hydrogens (tertiary/aromatic N) is 1. The Labute approximate surface area is 208 Å². The van der Waals surface area contributed by atoms with Crippen LogP contribution in [0.3, 0.4) is 0 Å². The van der Waals surface area contributed by atoms with Crippen LogP contribution in [0.1, 0.15) is 49.7 Å². The second-order valence-electron chi connectivity index (χ2n) is 8.61. The van der Waals surface area contributed by atoms with Crippen LogP contribution in [0.25, 0.3) is 0 Å². The maximum absolute atomic E-state index is 13.6. The van der Waals surface area contributed by atoms with Gasteiger partial charge < -0.3 is 10.1 Å². The first-order valence-corrected chi connectivity index (χ1v) is 12.8. The van der Waals surface area contributed by atoms with Crippen LogP contribution in [-0.4, -0.2) is 34.8 Å². The minimum Gasteiger partial charge on any atom is -0.461 e. The fourth-order valence-corrected chi connectivity index (χ4v) is 5.30. The molecule has 0 radical (unpaired) electrons. The summed E-state index contributed by atoms with van der Waals surface area (Å²) in [6.45, 7) is 4.13. The van der Waals surface area contributed by atoms with Gasteiger partial charge >= 0.3 is 5.97 Å². The van der Waals surface area contributed by atoms with Crippen LogP contribution >= 0.6 is 11.8 Å². The van der Waals surface area contributed by atoms with Crippen molar-refractivity contribution in [3.63, 3.8) is 0 Å². The number of nitro groups is 1. The van der Waals surface area contributed by atoms with Crippen LogP contribution in [0.4, 0.5) is 5.69 Å². The van der Waals surface area contributed by atoms with Gasteiger partial charge in [-0.2, -0.15) is 11.8 Å². The molecule has 35 heavy (non-hydrogen) atoms. The van der Waals surface area contributed by atoms with Gasteiger partial charge in [-0.1, -0.05) is 49.4 Å². The fraction of sp³-hybridized carbons (Fsp3) is 0.333. The Balaban J connectivity index is 1.72. The first-order valence-electron chi connectivity index (χ1n) is 11.7. The average molecular weight is 493 g/mol. The van der Waals surface area contributed by atoms with E-state index in [-0.39, 0.29) is 24.0 Å². The summed E-state index contributed by atoms with van der Waals surface area (Å²) in [5, 5.41) is 14.5. The van der Waals surface area contributed by atoms with Gasteiger partial charge in [-0.15, -0.1) is 0 Å². The highest BCUT2D eigenvalue weighted by Crippen LogP contribution is 2.45. The van der Waals surface area contributed by atoms with Crippen molar-refractivity contribution in [1.29, 1.82) is 0 Å². The largest absolute Gasteiger partial charge is 0.461 e. The number of thioether (sulfide) groups is 1. The molecule has 2 atom stereocenters. The van der Waals surface area contributed by atoms with Crippen LogP contribution in [0.2, 0.25) is 0 Å². The Morgan fingerprint density at radius 1 is 1.11 bits per heavy atom. The van der Waals surface area contributed by atoms with Crippen molar-refractivity contribution in [3.8, 4) is 0 Å². The smallest absolute Gasteiger partial charge is 0.336 e. The number of nitrogens with one attached hydrogen (secondary N) is 1. The van der Waals surface area contributed by atoms with Gasteiger partial charge in [-0.05, 0) is 36.1 Å². The molecule has 0 bridgehead atoms. The second kappa shape index (κ2) is 10.9. The van der Waals surface area contributed by atoms with E-state index in [0.29, 0.717) is 41.0 Å². The van der Waals surface area contributed by atoms with E-state index < -0.39 is 16.8 Å². The lowest BCUT2D eigenvalue weighted by atomic mass is 9.71. The first kappa shape index (κ1) is 24.7. The predicted molar refractivity (Wildman–Crippen MR) is 136 cm³/mol. The molecule has 4 rings (SSSR count). The summed E-state index contributed by atoms with van der Waals surface area (Å²) >= 11 is 1.68. The van der Waals surface area contributed by atoms with Crippen LogP contribution in [0, 0.1) is 10.1 Å². The highest BCUT2D eigenvalue weighted by Gasteiger charge is 2.41. The molecule has 0 fully saturated rings. The third-order valence-corrected chi connectivity index (χ3v) is 7.28. The number of carbonyl (C=O) groups is 2. The van der Waals surface area contributed by atoms with Crippen LogP contribution in [-0.2, 0) is 14.3 Å². The molecule has 2 aromatic carbocycles. The number of carbonyl (C=O) groups excluding carboxylic acids is 2. The molecular weight excluding hydrogens is 464 g/mol. The molecule has 1 N–H and O–H groups in total. The highest BCUT2D eigenvalue weighted by atomic mass is 32.2. The number of ether oxygens (including phenoxy) is 1. The SMILES string of the molecule is CCSCCOC(=O)C1=C(C)NC2=C(C(=O)C[C@@H](c3ccccc3)C2)[C@@H]1c1ccc([N+](=O)[O-])cc1. The topological polar surface area (TPSA) is 98.5 Å². The normalized spacial score (nSPS) is 19.8. The number of esters is 1. The van der Waals surface area contributed by atoms with Crippen LogP contribution in [0.5, 0.6) is 0 Å². The Morgan fingerprint density at radius 3 is 2.49 bits per heavy atom. The number of nitro benzene ring substituents is 1. The molecule has 1 heterocycles. The van der Waals surface area contributed by atoms with Crippen molar-refractivity contribution in [3.05, 3.63) is 98.4 Å². The summed E-state index contributed by atoms with van der Waals surface area (Å²) < 4.78 is 5.57. The summed E-state index contributed by atoms with van der Waals surface area (Å²) in [4.78, 5) is 37.5. The van der Waals surface area contributed by atoms with Crippen LogP contribution < -0.4 is 5.32 Å². The molecule has 1 aliphatic heterocycles. The van der Waals surface area contributed by atoms with Gasteiger partial charge in [0.15, 0.2) is 5.78 Å². The number of benzene rings is 2. The van der Waals surface area contributed by atoms with Crippen molar-refractivity contribution < 1.29 is 19.2 Å². The zero-order chi connectivity index (χ0) is 24.9. The van der Waals surface area contributed by atoms with E-state index in [1.807, 2.05) is 44.2 Å². The van der Waals surface area contributed by atoms with Crippen molar-refractivity contribution in [1.82, 2.24) is 5.32 Å². The quantitative estimate of drug-likeness (QED) is 0.232. The number of allylic oxidation sites excluding steroid dienone is 3. The van der Waals surface area contributed by atoms with Crippen molar-refractivity contribution in [2.45, 2.75) is 38.5 Å². The molecule has 8 heteroatoms. The molecule has 7 nitrogen and oxygen atoms in total. The lowest BCUT2D eigenvalue weighted by Crippen LogP contribution is -2.36. The van der Waals surface area contributed by atoms with E-state index in [4.69, 9.17) is 4.74 Å². The number of rotatable bonds is 8. The monoisotopic (exact) mass is 492 g/mol. The third-order valence-electron chi connectivity index (χ3n) is 6.42. The molecule has 1 aliphatic carbocycles. The number of hydrogen-bond donors (Lipinski definition) is 1. The minimum atomic E-state index is -0.636. The van der Waals surface area contributed by atoms with Gasteiger partial charge in [0.1, 0.15) is 6.61 Å². The molecule has 2 aliphatic rings. The Morgan fingerprint density at radius 2 is 1.83 bits per heavy atom. The number of Topliss-reactive ketones (excluding diaryl/α,β-unsaturated/α-hetero) is 1. The summed E-state index contributed by atoms with van der Waals surface area (Å²) in [7, 11) is 0. The Hall–Kier alpha value is -3.39. The van der Waals surface area contributed by atoms with Crippen molar-refractivity contribution >= 4 is 29.2 Å². The van der Waals surface area contributed by atoms with Gasteiger partial charge in [-0.3, -0.25) is 14.9 Å².